The molecule has 2 aromatic carbocycles. The van der Waals surface area contributed by atoms with Gasteiger partial charge in [-0.05, 0) is 31.2 Å². The van der Waals surface area contributed by atoms with Crippen LogP contribution in [0, 0.1) is 10.1 Å². The Kier molecular flexibility index (Phi) is 4.36. The average molecular weight is 395 g/mol. The summed E-state index contributed by atoms with van der Waals surface area (Å²) in [6, 6.07) is 12.8. The first-order valence-electron chi connectivity index (χ1n) is 8.30. The topological polar surface area (TPSA) is 115 Å². The number of carbonyl (C=O) groups excluding carboxylic acids is 1. The van der Waals surface area contributed by atoms with Crippen LogP contribution in [-0.4, -0.2) is 20.9 Å². The Bertz CT molecular complexity index is 1290. The largest absolute Gasteiger partial charge is 0.450 e. The number of aromatic nitrogens is 2. The van der Waals surface area contributed by atoms with Crippen molar-refractivity contribution in [1.29, 1.82) is 0 Å². The summed E-state index contributed by atoms with van der Waals surface area (Å²) in [6.07, 6.45) is -0.774. The number of carbonyl (C=O) groups is 1. The number of ether oxygens (including phenoxy) is 1. The number of nitro groups is 1. The van der Waals surface area contributed by atoms with E-state index in [0.29, 0.717) is 21.2 Å². The third kappa shape index (κ3) is 3.23. The van der Waals surface area contributed by atoms with Crippen molar-refractivity contribution < 1.29 is 14.5 Å². The number of nitrogens with zero attached hydrogens (tertiary/aromatic N) is 2. The van der Waals surface area contributed by atoms with Gasteiger partial charge < -0.3 is 9.72 Å². The molecule has 0 aliphatic carbocycles. The molecule has 4 aromatic rings. The maximum Gasteiger partial charge on any atom is 0.349 e. The smallest absolute Gasteiger partial charge is 0.349 e. The van der Waals surface area contributed by atoms with Gasteiger partial charge in [-0.3, -0.25) is 14.9 Å². The Morgan fingerprint density at radius 3 is 2.82 bits per heavy atom. The molecule has 140 valence electrons. The van der Waals surface area contributed by atoms with E-state index in [2.05, 4.69) is 9.97 Å². The molecular weight excluding hydrogens is 382 g/mol. The number of hydrogen-bond acceptors (Lipinski definition) is 7. The molecule has 0 saturated carbocycles. The molecule has 0 aliphatic rings. The van der Waals surface area contributed by atoms with E-state index in [1.54, 1.807) is 43.3 Å². The zero-order chi connectivity index (χ0) is 19.8. The van der Waals surface area contributed by atoms with Crippen molar-refractivity contribution in [2.45, 2.75) is 13.0 Å². The second-order valence-corrected chi connectivity index (χ2v) is 7.19. The molecule has 1 atom stereocenters. The number of esters is 1. The molecule has 0 amide bonds. The molecule has 0 fully saturated rings. The van der Waals surface area contributed by atoms with Gasteiger partial charge in [0.05, 0.1) is 15.8 Å². The van der Waals surface area contributed by atoms with Crippen LogP contribution in [0.2, 0.25) is 0 Å². The SMILES string of the molecule is C[C@@H](OC(=O)c1cc2cc([N+](=O)[O-])ccc2s1)c1nc2ccccc2c(=O)[nH]1. The first-order chi connectivity index (χ1) is 13.4. The monoisotopic (exact) mass is 395 g/mol. The van der Waals surface area contributed by atoms with Crippen molar-refractivity contribution in [3.63, 3.8) is 0 Å². The number of fused-ring (bicyclic) bond motifs is 2. The fourth-order valence-electron chi connectivity index (χ4n) is 2.82. The summed E-state index contributed by atoms with van der Waals surface area (Å²) in [5.41, 5.74) is 0.160. The highest BCUT2D eigenvalue weighted by atomic mass is 32.1. The average Bonchev–Trinajstić information content (AvgIpc) is 3.11. The van der Waals surface area contributed by atoms with Gasteiger partial charge in [-0.25, -0.2) is 9.78 Å². The van der Waals surface area contributed by atoms with Crippen LogP contribution in [0.3, 0.4) is 0 Å². The lowest BCUT2D eigenvalue weighted by Crippen LogP contribution is -2.17. The number of nitro benzene ring substituents is 1. The highest BCUT2D eigenvalue weighted by Crippen LogP contribution is 2.30. The normalized spacial score (nSPS) is 12.2. The lowest BCUT2D eigenvalue weighted by atomic mass is 10.2. The van der Waals surface area contributed by atoms with E-state index in [1.165, 1.54) is 23.5 Å². The van der Waals surface area contributed by atoms with Crippen molar-refractivity contribution >= 4 is 44.0 Å². The van der Waals surface area contributed by atoms with Gasteiger partial charge in [-0.1, -0.05) is 12.1 Å². The molecule has 9 heteroatoms. The molecule has 1 N–H and O–H groups in total. The highest BCUT2D eigenvalue weighted by molar-refractivity contribution is 7.20. The van der Waals surface area contributed by atoms with Crippen molar-refractivity contribution in [2.24, 2.45) is 0 Å². The Balaban J connectivity index is 1.60. The highest BCUT2D eigenvalue weighted by Gasteiger charge is 2.19. The van der Waals surface area contributed by atoms with Crippen molar-refractivity contribution in [2.75, 3.05) is 0 Å². The Hall–Kier alpha value is -3.59. The molecule has 8 nitrogen and oxygen atoms in total. The summed E-state index contributed by atoms with van der Waals surface area (Å²) in [5, 5.41) is 11.9. The molecule has 0 saturated heterocycles. The summed E-state index contributed by atoms with van der Waals surface area (Å²) >= 11 is 1.18. The van der Waals surface area contributed by atoms with E-state index >= 15 is 0 Å². The van der Waals surface area contributed by atoms with Gasteiger partial charge in [0.15, 0.2) is 11.9 Å². The maximum atomic E-state index is 12.5. The molecule has 0 radical (unpaired) electrons. The predicted octanol–water partition coefficient (Wildman–Crippen LogP) is 3.96. The molecule has 2 aromatic heterocycles. The number of nitrogens with one attached hydrogen (secondary N) is 1. The summed E-state index contributed by atoms with van der Waals surface area (Å²) in [5.74, 6) is -0.346. The van der Waals surface area contributed by atoms with Crippen LogP contribution in [0.1, 0.15) is 28.5 Å². The number of aromatic amines is 1. The van der Waals surface area contributed by atoms with Gasteiger partial charge in [0.2, 0.25) is 0 Å². The second kappa shape index (κ2) is 6.86. The number of hydrogen-bond donors (Lipinski definition) is 1. The van der Waals surface area contributed by atoms with Crippen LogP contribution in [-0.2, 0) is 4.74 Å². The summed E-state index contributed by atoms with van der Waals surface area (Å²) in [7, 11) is 0. The number of thiophene rings is 1. The summed E-state index contributed by atoms with van der Waals surface area (Å²) in [4.78, 5) is 42.4. The fourth-order valence-corrected chi connectivity index (χ4v) is 3.74. The Morgan fingerprint density at radius 1 is 1.25 bits per heavy atom. The fraction of sp³-hybridized carbons (Fsp3) is 0.105. The molecule has 4 rings (SSSR count). The lowest BCUT2D eigenvalue weighted by Gasteiger charge is -2.12. The zero-order valence-electron chi connectivity index (χ0n) is 14.5. The van der Waals surface area contributed by atoms with E-state index in [0.717, 1.165) is 4.70 Å². The van der Waals surface area contributed by atoms with Gasteiger partial charge >= 0.3 is 5.97 Å². The molecular formula is C19H13N3O5S. The minimum atomic E-state index is -0.774. The van der Waals surface area contributed by atoms with Gasteiger partial charge in [-0.2, -0.15) is 0 Å². The summed E-state index contributed by atoms with van der Waals surface area (Å²) in [6.45, 7) is 1.61. The minimum Gasteiger partial charge on any atom is -0.450 e. The third-order valence-corrected chi connectivity index (χ3v) is 5.31. The standard InChI is InChI=1S/C19H13N3O5S/c1-10(17-20-14-5-3-2-4-13(14)18(23)21-17)27-19(24)16-9-11-8-12(22(25)26)6-7-15(11)28-16/h2-10H,1H3,(H,20,21,23)/t10-/m1/s1. The third-order valence-electron chi connectivity index (χ3n) is 4.21. The van der Waals surface area contributed by atoms with Gasteiger partial charge in [0.1, 0.15) is 4.88 Å². The Morgan fingerprint density at radius 2 is 2.04 bits per heavy atom. The van der Waals surface area contributed by atoms with Crippen LogP contribution in [0.15, 0.2) is 53.3 Å². The number of para-hydroxylation sites is 1. The first kappa shape index (κ1) is 17.8. The number of benzene rings is 2. The van der Waals surface area contributed by atoms with Crippen molar-refractivity contribution in [3.05, 3.63) is 79.7 Å². The molecule has 0 aliphatic heterocycles. The lowest BCUT2D eigenvalue weighted by molar-refractivity contribution is -0.384. The van der Waals surface area contributed by atoms with Crippen molar-refractivity contribution in [3.8, 4) is 0 Å². The molecule has 2 heterocycles. The minimum absolute atomic E-state index is 0.0449. The maximum absolute atomic E-state index is 12.5. The predicted molar refractivity (Wildman–Crippen MR) is 105 cm³/mol. The van der Waals surface area contributed by atoms with E-state index in [4.69, 9.17) is 4.74 Å². The number of rotatable bonds is 4. The van der Waals surface area contributed by atoms with Crippen LogP contribution in [0.25, 0.3) is 21.0 Å². The van der Waals surface area contributed by atoms with E-state index in [9.17, 15) is 19.7 Å². The molecule has 0 bridgehead atoms. The van der Waals surface area contributed by atoms with Gasteiger partial charge in [-0.15, -0.1) is 11.3 Å². The molecule has 28 heavy (non-hydrogen) atoms. The zero-order valence-corrected chi connectivity index (χ0v) is 15.4. The van der Waals surface area contributed by atoms with Gasteiger partial charge in [0, 0.05) is 22.2 Å². The van der Waals surface area contributed by atoms with Crippen LogP contribution in [0.5, 0.6) is 0 Å². The number of H-pyrrole nitrogens is 1. The second-order valence-electron chi connectivity index (χ2n) is 6.11. The van der Waals surface area contributed by atoms with E-state index < -0.39 is 17.0 Å². The van der Waals surface area contributed by atoms with E-state index in [1.807, 2.05) is 0 Å². The first-order valence-corrected chi connectivity index (χ1v) is 9.12. The molecule has 0 spiro atoms. The van der Waals surface area contributed by atoms with Crippen LogP contribution in [0.4, 0.5) is 5.69 Å². The van der Waals surface area contributed by atoms with Crippen LogP contribution >= 0.6 is 11.3 Å². The van der Waals surface area contributed by atoms with Crippen molar-refractivity contribution in [1.82, 2.24) is 9.97 Å². The van der Waals surface area contributed by atoms with Gasteiger partial charge in [0.25, 0.3) is 11.2 Å². The molecule has 0 unspecified atom stereocenters. The van der Waals surface area contributed by atoms with E-state index in [-0.39, 0.29) is 17.1 Å². The van der Waals surface area contributed by atoms with Crippen LogP contribution < -0.4 is 5.56 Å². The number of non-ortho nitro benzene ring substituents is 1. The summed E-state index contributed by atoms with van der Waals surface area (Å²) < 4.78 is 6.18. The Labute approximate surface area is 161 Å². The quantitative estimate of drug-likeness (QED) is 0.318.